The van der Waals surface area contributed by atoms with E-state index in [1.165, 1.54) is 18.5 Å². The minimum Gasteiger partial charge on any atom is -0.381 e. The second-order valence-electron chi connectivity index (χ2n) is 2.58. The highest BCUT2D eigenvalue weighted by atomic mass is 32.2. The second kappa shape index (κ2) is 6.57. The van der Waals surface area contributed by atoms with Crippen molar-refractivity contribution in [3.05, 3.63) is 37.2 Å². The first kappa shape index (κ1) is 14.1. The molecule has 0 saturated carbocycles. The highest BCUT2D eigenvalue weighted by molar-refractivity contribution is 7.86. The van der Waals surface area contributed by atoms with Gasteiger partial charge in [-0.2, -0.15) is 8.42 Å². The third-order valence-electron chi connectivity index (χ3n) is 1.08. The fourth-order valence-corrected chi connectivity index (χ4v) is 1.02. The van der Waals surface area contributed by atoms with E-state index in [-0.39, 0.29) is 5.75 Å². The molecule has 0 spiro atoms. The number of hydrogen-bond donors (Lipinski definition) is 1. The van der Waals surface area contributed by atoms with E-state index in [0.717, 1.165) is 12.3 Å². The number of rotatable bonds is 3. The Labute approximate surface area is 93.9 Å². The van der Waals surface area contributed by atoms with Crippen LogP contribution < -0.4 is 9.92 Å². The molecule has 2 N–H and O–H groups in total. The number of hydrogen-bond acceptors (Lipinski definition) is 5. The van der Waals surface area contributed by atoms with Gasteiger partial charge in [0.15, 0.2) is 5.75 Å². The molecule has 0 aliphatic heterocycles. The van der Waals surface area contributed by atoms with Crippen LogP contribution in [0.2, 0.25) is 0 Å². The van der Waals surface area contributed by atoms with Gasteiger partial charge in [-0.1, -0.05) is 6.58 Å². The van der Waals surface area contributed by atoms with Crippen LogP contribution in [0.5, 0.6) is 5.75 Å². The molecule has 7 heteroatoms. The lowest BCUT2D eigenvalue weighted by molar-refractivity contribution is -0.113. The van der Waals surface area contributed by atoms with Crippen molar-refractivity contribution in [3.63, 3.8) is 0 Å². The first-order valence-electron chi connectivity index (χ1n) is 4.06. The van der Waals surface area contributed by atoms with Crippen LogP contribution in [0.4, 0.5) is 0 Å². The Morgan fingerprint density at radius 1 is 1.62 bits per heavy atom. The topological polar surface area (TPSA) is 99.4 Å². The van der Waals surface area contributed by atoms with Gasteiger partial charge < -0.3 is 9.92 Å². The molecule has 0 radical (unpaired) electrons. The van der Waals surface area contributed by atoms with Crippen LogP contribution in [0.1, 0.15) is 0 Å². The molecule has 1 heterocycles. The van der Waals surface area contributed by atoms with Gasteiger partial charge in [0.05, 0.1) is 12.5 Å². The molecule has 0 fully saturated rings. The van der Waals surface area contributed by atoms with Crippen molar-refractivity contribution in [2.45, 2.75) is 0 Å². The fraction of sp³-hybridized carbons (Fsp3) is 0.111. The van der Waals surface area contributed by atoms with E-state index in [1.807, 2.05) is 0 Å². The van der Waals surface area contributed by atoms with Gasteiger partial charge >= 0.3 is 10.1 Å². The van der Waals surface area contributed by atoms with Crippen LogP contribution in [0.25, 0.3) is 0 Å². The Hall–Kier alpha value is -1.89. The van der Waals surface area contributed by atoms with Crippen molar-refractivity contribution in [1.29, 1.82) is 0 Å². The third kappa shape index (κ3) is 8.70. The van der Waals surface area contributed by atoms with E-state index in [2.05, 4.69) is 21.5 Å². The number of amides is 1. The zero-order valence-corrected chi connectivity index (χ0v) is 9.48. The number of carbonyl (C=O) groups is 1. The summed E-state index contributed by atoms with van der Waals surface area (Å²) in [6.07, 6.45) is 4.91. The van der Waals surface area contributed by atoms with E-state index in [4.69, 9.17) is 0 Å². The summed E-state index contributed by atoms with van der Waals surface area (Å²) < 4.78 is 25.6. The summed E-state index contributed by atoms with van der Waals surface area (Å²) in [5, 5.41) is 0. The molecule has 0 aliphatic carbocycles. The maximum Gasteiger partial charge on any atom is 0.306 e. The minimum atomic E-state index is -3.42. The SMILES string of the molecule is C=CC(N)=O.CS(=O)(=O)Oc1cccnc1. The average Bonchev–Trinajstić information content (AvgIpc) is 2.17. The monoisotopic (exact) mass is 244 g/mol. The van der Waals surface area contributed by atoms with Crippen LogP contribution in [0.15, 0.2) is 37.2 Å². The molecule has 0 saturated heterocycles. The molecule has 88 valence electrons. The van der Waals surface area contributed by atoms with E-state index in [9.17, 15) is 13.2 Å². The highest BCUT2D eigenvalue weighted by Crippen LogP contribution is 2.07. The predicted molar refractivity (Wildman–Crippen MR) is 59.1 cm³/mol. The maximum atomic E-state index is 10.6. The summed E-state index contributed by atoms with van der Waals surface area (Å²) in [5.74, 6) is -0.250. The molecule has 0 aliphatic rings. The van der Waals surface area contributed by atoms with Gasteiger partial charge in [0.1, 0.15) is 0 Å². The van der Waals surface area contributed by atoms with Crippen molar-refractivity contribution in [2.24, 2.45) is 5.73 Å². The van der Waals surface area contributed by atoms with E-state index >= 15 is 0 Å². The van der Waals surface area contributed by atoms with E-state index in [1.54, 1.807) is 6.07 Å². The maximum absolute atomic E-state index is 10.6. The highest BCUT2D eigenvalue weighted by Gasteiger charge is 2.01. The van der Waals surface area contributed by atoms with E-state index in [0.29, 0.717) is 0 Å². The number of carbonyl (C=O) groups excluding carboxylic acids is 1. The normalized spacial score (nSPS) is 9.56. The van der Waals surface area contributed by atoms with Crippen LogP contribution in [-0.4, -0.2) is 25.6 Å². The summed E-state index contributed by atoms with van der Waals surface area (Å²) in [5.41, 5.74) is 4.53. The molecule has 1 aromatic heterocycles. The zero-order chi connectivity index (χ0) is 12.6. The minimum absolute atomic E-state index is 0.231. The molecule has 0 aromatic carbocycles. The van der Waals surface area contributed by atoms with Gasteiger partial charge in [-0.15, -0.1) is 0 Å². The third-order valence-corrected chi connectivity index (χ3v) is 1.58. The summed E-state index contributed by atoms with van der Waals surface area (Å²) in [6, 6.07) is 3.12. The summed E-state index contributed by atoms with van der Waals surface area (Å²) >= 11 is 0. The van der Waals surface area contributed by atoms with Crippen LogP contribution in [0.3, 0.4) is 0 Å². The van der Waals surface area contributed by atoms with Gasteiger partial charge in [-0.05, 0) is 18.2 Å². The van der Waals surface area contributed by atoms with Crippen LogP contribution in [0, 0.1) is 0 Å². The van der Waals surface area contributed by atoms with Gasteiger partial charge in [-0.3, -0.25) is 9.78 Å². The molecule has 1 amide bonds. The molecule has 1 aromatic rings. The largest absolute Gasteiger partial charge is 0.381 e. The smallest absolute Gasteiger partial charge is 0.306 e. The van der Waals surface area contributed by atoms with Crippen molar-refractivity contribution >= 4 is 16.0 Å². The Balaban J connectivity index is 0.000000385. The molecular weight excluding hydrogens is 232 g/mol. The van der Waals surface area contributed by atoms with Crippen LogP contribution >= 0.6 is 0 Å². The summed E-state index contributed by atoms with van der Waals surface area (Å²) in [6.45, 7) is 3.09. The zero-order valence-electron chi connectivity index (χ0n) is 8.66. The second-order valence-corrected chi connectivity index (χ2v) is 4.16. The standard InChI is InChI=1S/C6H7NO3S.C3H5NO/c1-11(8,9)10-6-3-2-4-7-5-6;1-2-3(4)5/h2-5H,1H3;2H,1H2,(H2,4,5). The van der Waals surface area contributed by atoms with Gasteiger partial charge in [0, 0.05) is 6.20 Å². The van der Waals surface area contributed by atoms with Crippen molar-refractivity contribution < 1.29 is 17.4 Å². The number of nitrogens with two attached hydrogens (primary N) is 1. The quantitative estimate of drug-likeness (QED) is 0.599. The van der Waals surface area contributed by atoms with Crippen molar-refractivity contribution in [1.82, 2.24) is 4.98 Å². The molecule has 0 atom stereocenters. The molecule has 0 unspecified atom stereocenters. The lowest BCUT2D eigenvalue weighted by Gasteiger charge is -1.99. The van der Waals surface area contributed by atoms with Gasteiger partial charge in [-0.25, -0.2) is 0 Å². The lowest BCUT2D eigenvalue weighted by atomic mass is 10.5. The Bertz CT molecular complexity index is 442. The number of nitrogens with zero attached hydrogens (tertiary/aromatic N) is 1. The Morgan fingerprint density at radius 2 is 2.19 bits per heavy atom. The van der Waals surface area contributed by atoms with Gasteiger partial charge in [0.2, 0.25) is 5.91 Å². The van der Waals surface area contributed by atoms with Crippen molar-refractivity contribution in [2.75, 3.05) is 6.26 Å². The molecule has 16 heavy (non-hydrogen) atoms. The predicted octanol–water partition coefficient (Wildman–Crippen LogP) is 0.0777. The molecule has 1 rings (SSSR count). The van der Waals surface area contributed by atoms with Gasteiger partial charge in [0.25, 0.3) is 0 Å². The average molecular weight is 244 g/mol. The van der Waals surface area contributed by atoms with E-state index < -0.39 is 16.0 Å². The fourth-order valence-electron chi connectivity index (χ4n) is 0.571. The van der Waals surface area contributed by atoms with Crippen LogP contribution in [-0.2, 0) is 14.9 Å². The summed E-state index contributed by atoms with van der Waals surface area (Å²) in [4.78, 5) is 13.2. The first-order valence-corrected chi connectivity index (χ1v) is 5.88. The Kier molecular flexibility index (Phi) is 5.79. The number of aromatic nitrogens is 1. The Morgan fingerprint density at radius 3 is 2.50 bits per heavy atom. The summed E-state index contributed by atoms with van der Waals surface area (Å²) in [7, 11) is -3.42. The molecule has 6 nitrogen and oxygen atoms in total. The molecule has 0 bridgehead atoms. The first-order chi connectivity index (χ1) is 7.35. The molecular formula is C9H12N2O4S. The van der Waals surface area contributed by atoms with Crippen molar-refractivity contribution in [3.8, 4) is 5.75 Å². The lowest BCUT2D eigenvalue weighted by Crippen LogP contribution is -2.05. The number of pyridine rings is 1. The number of primary amides is 1.